The second-order valence-electron chi connectivity index (χ2n) is 3.58. The Bertz CT molecular complexity index is 318. The number of hydrogen-bond donors (Lipinski definition) is 0. The molecule has 1 fully saturated rings. The lowest BCUT2D eigenvalue weighted by Gasteiger charge is -2.26. The van der Waals surface area contributed by atoms with E-state index in [9.17, 15) is 4.79 Å². The molecule has 1 aromatic rings. The van der Waals surface area contributed by atoms with Crippen molar-refractivity contribution in [2.75, 3.05) is 32.8 Å². The average molecular weight is 209 g/mol. The summed E-state index contributed by atoms with van der Waals surface area (Å²) in [6.07, 6.45) is 4.13. The van der Waals surface area contributed by atoms with Crippen LogP contribution in [0.25, 0.3) is 0 Å². The molecular formula is C10H15N3O2. The van der Waals surface area contributed by atoms with Crippen molar-refractivity contribution in [2.24, 2.45) is 0 Å². The normalized spacial score (nSPS) is 17.9. The van der Waals surface area contributed by atoms with Gasteiger partial charge in [-0.2, -0.15) is 0 Å². The van der Waals surface area contributed by atoms with Crippen LogP contribution in [-0.2, 0) is 11.3 Å². The Kier molecular flexibility index (Phi) is 3.47. The van der Waals surface area contributed by atoms with Crippen LogP contribution >= 0.6 is 0 Å². The van der Waals surface area contributed by atoms with Crippen LogP contribution in [-0.4, -0.2) is 53.6 Å². The molecule has 0 amide bonds. The number of carbonyl (C=O) groups is 1. The molecule has 5 heteroatoms. The van der Waals surface area contributed by atoms with Gasteiger partial charge in [0.1, 0.15) is 5.69 Å². The minimum absolute atomic E-state index is 0.642. The first-order valence-electron chi connectivity index (χ1n) is 5.15. The standard InChI is InChI=1S/C10H15N3O2/c14-8-10-7-11-9-13(10)2-1-12-3-5-15-6-4-12/h7-9H,1-6H2. The number of hydrogen-bond acceptors (Lipinski definition) is 4. The predicted molar refractivity (Wildman–Crippen MR) is 54.9 cm³/mol. The Balaban J connectivity index is 1.84. The lowest BCUT2D eigenvalue weighted by atomic mass is 10.4. The van der Waals surface area contributed by atoms with E-state index in [0.717, 1.165) is 45.7 Å². The molecule has 2 heterocycles. The summed E-state index contributed by atoms with van der Waals surface area (Å²) in [4.78, 5) is 16.9. The molecule has 15 heavy (non-hydrogen) atoms. The number of aromatic nitrogens is 2. The first-order valence-corrected chi connectivity index (χ1v) is 5.15. The van der Waals surface area contributed by atoms with Crippen molar-refractivity contribution in [3.63, 3.8) is 0 Å². The van der Waals surface area contributed by atoms with Crippen molar-refractivity contribution in [1.82, 2.24) is 14.5 Å². The topological polar surface area (TPSA) is 47.4 Å². The van der Waals surface area contributed by atoms with Crippen LogP contribution in [0.4, 0.5) is 0 Å². The number of nitrogens with zero attached hydrogens (tertiary/aromatic N) is 3. The summed E-state index contributed by atoms with van der Waals surface area (Å²) < 4.78 is 7.14. The van der Waals surface area contributed by atoms with E-state index in [-0.39, 0.29) is 0 Å². The Labute approximate surface area is 88.7 Å². The van der Waals surface area contributed by atoms with E-state index in [4.69, 9.17) is 4.74 Å². The van der Waals surface area contributed by atoms with Crippen LogP contribution < -0.4 is 0 Å². The fraction of sp³-hybridized carbons (Fsp3) is 0.600. The smallest absolute Gasteiger partial charge is 0.168 e. The lowest BCUT2D eigenvalue weighted by Crippen LogP contribution is -2.38. The molecule has 0 N–H and O–H groups in total. The molecule has 0 spiro atoms. The van der Waals surface area contributed by atoms with Gasteiger partial charge in [-0.1, -0.05) is 0 Å². The second kappa shape index (κ2) is 5.04. The third-order valence-corrected chi connectivity index (χ3v) is 2.63. The van der Waals surface area contributed by atoms with E-state index in [0.29, 0.717) is 5.69 Å². The number of imidazole rings is 1. The fourth-order valence-electron chi connectivity index (χ4n) is 1.69. The highest BCUT2D eigenvalue weighted by molar-refractivity contribution is 5.71. The molecule has 0 atom stereocenters. The summed E-state index contributed by atoms with van der Waals surface area (Å²) >= 11 is 0. The number of aldehydes is 1. The summed E-state index contributed by atoms with van der Waals surface area (Å²) in [5, 5.41) is 0. The molecular weight excluding hydrogens is 194 g/mol. The highest BCUT2D eigenvalue weighted by Gasteiger charge is 2.10. The van der Waals surface area contributed by atoms with Crippen LogP contribution in [0.15, 0.2) is 12.5 Å². The number of morpholine rings is 1. The largest absolute Gasteiger partial charge is 0.379 e. The summed E-state index contributed by atoms with van der Waals surface area (Å²) in [6, 6.07) is 0. The van der Waals surface area contributed by atoms with Gasteiger partial charge in [0, 0.05) is 26.2 Å². The molecule has 1 aliphatic heterocycles. The molecule has 0 aliphatic carbocycles. The molecule has 0 bridgehead atoms. The molecule has 0 aromatic carbocycles. The molecule has 1 saturated heterocycles. The van der Waals surface area contributed by atoms with Gasteiger partial charge >= 0.3 is 0 Å². The van der Waals surface area contributed by atoms with Crippen LogP contribution in [0.5, 0.6) is 0 Å². The molecule has 5 nitrogen and oxygen atoms in total. The molecule has 0 radical (unpaired) electrons. The van der Waals surface area contributed by atoms with Gasteiger partial charge < -0.3 is 9.30 Å². The third kappa shape index (κ3) is 2.64. The van der Waals surface area contributed by atoms with E-state index >= 15 is 0 Å². The van der Waals surface area contributed by atoms with Crippen LogP contribution in [0.3, 0.4) is 0 Å². The maximum absolute atomic E-state index is 10.6. The molecule has 0 unspecified atom stereocenters. The molecule has 2 rings (SSSR count). The Morgan fingerprint density at radius 2 is 2.20 bits per heavy atom. The SMILES string of the molecule is O=Cc1cncn1CCN1CCOCC1. The van der Waals surface area contributed by atoms with Gasteiger partial charge in [0.25, 0.3) is 0 Å². The van der Waals surface area contributed by atoms with Crippen molar-refractivity contribution < 1.29 is 9.53 Å². The van der Waals surface area contributed by atoms with Crippen molar-refractivity contribution in [3.05, 3.63) is 18.2 Å². The van der Waals surface area contributed by atoms with E-state index in [2.05, 4.69) is 9.88 Å². The zero-order valence-electron chi connectivity index (χ0n) is 8.63. The fourth-order valence-corrected chi connectivity index (χ4v) is 1.69. The Hall–Kier alpha value is -1.20. The number of carbonyl (C=O) groups excluding carboxylic acids is 1. The van der Waals surface area contributed by atoms with Crippen LogP contribution in [0.2, 0.25) is 0 Å². The van der Waals surface area contributed by atoms with Crippen molar-refractivity contribution in [2.45, 2.75) is 6.54 Å². The molecule has 82 valence electrons. The maximum Gasteiger partial charge on any atom is 0.168 e. The molecule has 1 aliphatic rings. The minimum Gasteiger partial charge on any atom is -0.379 e. The Morgan fingerprint density at radius 1 is 1.40 bits per heavy atom. The van der Waals surface area contributed by atoms with Crippen molar-refractivity contribution in [1.29, 1.82) is 0 Å². The van der Waals surface area contributed by atoms with Crippen molar-refractivity contribution >= 4 is 6.29 Å². The van der Waals surface area contributed by atoms with Crippen molar-refractivity contribution in [3.8, 4) is 0 Å². The maximum atomic E-state index is 10.6. The van der Waals surface area contributed by atoms with Gasteiger partial charge in [0.05, 0.1) is 25.7 Å². The van der Waals surface area contributed by atoms with E-state index in [1.165, 1.54) is 0 Å². The van der Waals surface area contributed by atoms with E-state index in [1.807, 2.05) is 4.57 Å². The monoisotopic (exact) mass is 209 g/mol. The van der Waals surface area contributed by atoms with Crippen LogP contribution in [0, 0.1) is 0 Å². The molecule has 1 aromatic heterocycles. The van der Waals surface area contributed by atoms with Gasteiger partial charge in [-0.3, -0.25) is 9.69 Å². The average Bonchev–Trinajstić information content (AvgIpc) is 2.75. The summed E-state index contributed by atoms with van der Waals surface area (Å²) in [5.41, 5.74) is 0.642. The first-order chi connectivity index (χ1) is 7.40. The van der Waals surface area contributed by atoms with Crippen LogP contribution in [0.1, 0.15) is 10.5 Å². The van der Waals surface area contributed by atoms with Gasteiger partial charge in [-0.05, 0) is 0 Å². The zero-order valence-corrected chi connectivity index (χ0v) is 8.63. The molecule has 0 saturated carbocycles. The second-order valence-corrected chi connectivity index (χ2v) is 3.58. The van der Waals surface area contributed by atoms with Gasteiger partial charge in [0.15, 0.2) is 6.29 Å². The lowest BCUT2D eigenvalue weighted by molar-refractivity contribution is 0.0363. The Morgan fingerprint density at radius 3 is 2.93 bits per heavy atom. The van der Waals surface area contributed by atoms with Gasteiger partial charge in [-0.25, -0.2) is 4.98 Å². The quantitative estimate of drug-likeness (QED) is 0.656. The number of rotatable bonds is 4. The number of ether oxygens (including phenoxy) is 1. The van der Waals surface area contributed by atoms with Gasteiger partial charge in [-0.15, -0.1) is 0 Å². The summed E-state index contributed by atoms with van der Waals surface area (Å²) in [7, 11) is 0. The highest BCUT2D eigenvalue weighted by Crippen LogP contribution is 2.00. The van der Waals surface area contributed by atoms with Gasteiger partial charge in [0.2, 0.25) is 0 Å². The first kappa shape index (κ1) is 10.3. The third-order valence-electron chi connectivity index (χ3n) is 2.63. The predicted octanol–water partition coefficient (Wildman–Crippen LogP) is 0.0278. The summed E-state index contributed by atoms with van der Waals surface area (Å²) in [6.45, 7) is 5.33. The van der Waals surface area contributed by atoms with E-state index < -0.39 is 0 Å². The van der Waals surface area contributed by atoms with E-state index in [1.54, 1.807) is 12.5 Å². The minimum atomic E-state index is 0.642. The highest BCUT2D eigenvalue weighted by atomic mass is 16.5. The summed E-state index contributed by atoms with van der Waals surface area (Å²) in [5.74, 6) is 0. The zero-order chi connectivity index (χ0) is 10.5.